The van der Waals surface area contributed by atoms with Crippen LogP contribution in [0.1, 0.15) is 39.1 Å². The van der Waals surface area contributed by atoms with E-state index in [1.165, 1.54) is 0 Å². The number of nitrogens with zero attached hydrogens (tertiary/aromatic N) is 3. The van der Waals surface area contributed by atoms with E-state index in [4.69, 9.17) is 0 Å². The Kier molecular flexibility index (Phi) is 6.60. The molecule has 35 heavy (non-hydrogen) atoms. The van der Waals surface area contributed by atoms with Gasteiger partial charge in [0.2, 0.25) is 0 Å². The Hall–Kier alpha value is -3.75. The lowest BCUT2D eigenvalue weighted by molar-refractivity contribution is -0.182. The quantitative estimate of drug-likeness (QED) is 0.471. The van der Waals surface area contributed by atoms with Crippen LogP contribution in [-0.4, -0.2) is 27.8 Å². The minimum Gasteiger partial charge on any atom is -0.349 e. The highest BCUT2D eigenvalue weighted by Gasteiger charge is 2.65. The molecule has 2 heterocycles. The number of aromatic nitrogens is 2. The third-order valence-corrected chi connectivity index (χ3v) is 6.29. The van der Waals surface area contributed by atoms with E-state index in [1.54, 1.807) is 24.4 Å². The first-order chi connectivity index (χ1) is 16.6. The molecule has 182 valence electrons. The SMILES string of the molecule is Cc1ccc(CNC(=O)C2(C(F)(F)F)N=NC=C2Cc2ccc(Cc3[nH]ncc3C)cc2)c(C)c1. The summed E-state index contributed by atoms with van der Waals surface area (Å²) in [5.74, 6) is -1.23. The minimum atomic E-state index is -4.94. The molecule has 1 aromatic heterocycles. The van der Waals surface area contributed by atoms with Gasteiger partial charge in [0.05, 0.1) is 12.4 Å². The molecule has 2 aromatic carbocycles. The molecular formula is C26H26F3N5O. The maximum Gasteiger partial charge on any atom is 0.428 e. The van der Waals surface area contributed by atoms with Gasteiger partial charge in [-0.1, -0.05) is 48.0 Å². The highest BCUT2D eigenvalue weighted by atomic mass is 19.4. The van der Waals surface area contributed by atoms with Crippen LogP contribution in [0.4, 0.5) is 13.2 Å². The topological polar surface area (TPSA) is 82.5 Å². The van der Waals surface area contributed by atoms with Crippen LogP contribution in [-0.2, 0) is 24.2 Å². The molecular weight excluding hydrogens is 455 g/mol. The van der Waals surface area contributed by atoms with E-state index >= 15 is 0 Å². The first kappa shape index (κ1) is 24.4. The fourth-order valence-electron chi connectivity index (χ4n) is 4.17. The number of hydrogen-bond donors (Lipinski definition) is 2. The van der Waals surface area contributed by atoms with Crippen LogP contribution >= 0.6 is 0 Å². The average Bonchev–Trinajstić information content (AvgIpc) is 3.41. The molecule has 6 nitrogen and oxygen atoms in total. The second-order valence-corrected chi connectivity index (χ2v) is 8.89. The molecule has 0 bridgehead atoms. The van der Waals surface area contributed by atoms with E-state index in [9.17, 15) is 18.0 Å². The van der Waals surface area contributed by atoms with Crippen molar-refractivity contribution < 1.29 is 18.0 Å². The first-order valence-electron chi connectivity index (χ1n) is 11.2. The molecule has 0 saturated carbocycles. The van der Waals surface area contributed by atoms with Gasteiger partial charge in [-0.05, 0) is 55.0 Å². The molecule has 4 rings (SSSR count). The monoisotopic (exact) mass is 481 g/mol. The molecule has 1 amide bonds. The molecule has 1 unspecified atom stereocenters. The van der Waals surface area contributed by atoms with Crippen molar-refractivity contribution in [1.82, 2.24) is 15.5 Å². The number of rotatable bonds is 7. The lowest BCUT2D eigenvalue weighted by atomic mass is 9.85. The van der Waals surface area contributed by atoms with E-state index in [-0.39, 0.29) is 18.5 Å². The zero-order valence-electron chi connectivity index (χ0n) is 19.7. The van der Waals surface area contributed by atoms with Crippen molar-refractivity contribution in [3.63, 3.8) is 0 Å². The minimum absolute atomic E-state index is 0.0344. The zero-order chi connectivity index (χ0) is 25.2. The number of alkyl halides is 3. The summed E-state index contributed by atoms with van der Waals surface area (Å²) in [7, 11) is 0. The molecule has 9 heteroatoms. The van der Waals surface area contributed by atoms with Crippen LogP contribution in [0.25, 0.3) is 0 Å². The Morgan fingerprint density at radius 2 is 1.69 bits per heavy atom. The predicted octanol–water partition coefficient (Wildman–Crippen LogP) is 5.44. The largest absolute Gasteiger partial charge is 0.428 e. The maximum atomic E-state index is 14.3. The Bertz CT molecular complexity index is 1290. The molecule has 1 aliphatic heterocycles. The maximum absolute atomic E-state index is 14.3. The number of benzene rings is 2. The smallest absolute Gasteiger partial charge is 0.349 e. The number of azo groups is 1. The van der Waals surface area contributed by atoms with Crippen molar-refractivity contribution in [3.05, 3.63) is 99.5 Å². The van der Waals surface area contributed by atoms with Crippen LogP contribution in [0, 0.1) is 20.8 Å². The molecule has 1 aliphatic rings. The van der Waals surface area contributed by atoms with Gasteiger partial charge < -0.3 is 5.32 Å². The van der Waals surface area contributed by atoms with Crippen molar-refractivity contribution in [3.8, 4) is 0 Å². The molecule has 1 atom stereocenters. The standard InChI is InChI=1S/C26H26F3N5O/c1-16-4-9-21(17(2)10-16)14-30-24(35)25(26(27,28)29)22(15-32-34-25)11-19-5-7-20(8-6-19)12-23-18(3)13-31-33-23/h4-10,13,15H,11-12,14H2,1-3H3,(H,30,35)(H,31,33). The van der Waals surface area contributed by atoms with E-state index in [0.717, 1.165) is 39.7 Å². The normalized spacial score (nSPS) is 17.5. The van der Waals surface area contributed by atoms with Gasteiger partial charge in [-0.25, -0.2) is 0 Å². The lowest BCUT2D eigenvalue weighted by Gasteiger charge is -2.29. The van der Waals surface area contributed by atoms with E-state index in [2.05, 4.69) is 25.7 Å². The van der Waals surface area contributed by atoms with Crippen molar-refractivity contribution >= 4 is 5.91 Å². The molecule has 0 aliphatic carbocycles. The number of halogens is 3. The second-order valence-electron chi connectivity index (χ2n) is 8.89. The van der Waals surface area contributed by atoms with Gasteiger partial charge in [0, 0.05) is 24.2 Å². The predicted molar refractivity (Wildman–Crippen MR) is 126 cm³/mol. The molecule has 0 saturated heterocycles. The third kappa shape index (κ3) is 4.89. The van der Waals surface area contributed by atoms with Gasteiger partial charge in [0.15, 0.2) is 0 Å². The summed E-state index contributed by atoms with van der Waals surface area (Å²) >= 11 is 0. The molecule has 3 aromatic rings. The van der Waals surface area contributed by atoms with Crippen LogP contribution in [0.2, 0.25) is 0 Å². The number of aromatic amines is 1. The number of carbonyl (C=O) groups excluding carboxylic acids is 1. The van der Waals surface area contributed by atoms with Gasteiger partial charge in [-0.2, -0.15) is 28.5 Å². The van der Waals surface area contributed by atoms with Crippen LogP contribution in [0.5, 0.6) is 0 Å². The van der Waals surface area contributed by atoms with Gasteiger partial charge in [-0.15, -0.1) is 0 Å². The van der Waals surface area contributed by atoms with Gasteiger partial charge in [-0.3, -0.25) is 9.89 Å². The van der Waals surface area contributed by atoms with Crippen LogP contribution in [0.3, 0.4) is 0 Å². The summed E-state index contributed by atoms with van der Waals surface area (Å²) in [6.07, 6.45) is -1.62. The summed E-state index contributed by atoms with van der Waals surface area (Å²) in [4.78, 5) is 13.0. The summed E-state index contributed by atoms with van der Waals surface area (Å²) in [6.45, 7) is 5.70. The Labute approximate surface area is 201 Å². The third-order valence-electron chi connectivity index (χ3n) is 6.29. The Balaban J connectivity index is 1.51. The number of nitrogens with one attached hydrogen (secondary N) is 2. The number of amides is 1. The van der Waals surface area contributed by atoms with Crippen molar-refractivity contribution in [2.24, 2.45) is 10.2 Å². The fourth-order valence-corrected chi connectivity index (χ4v) is 4.17. The summed E-state index contributed by atoms with van der Waals surface area (Å²) < 4.78 is 43.0. The van der Waals surface area contributed by atoms with Crippen molar-refractivity contribution in [2.75, 3.05) is 0 Å². The Morgan fingerprint density at radius 3 is 2.29 bits per heavy atom. The number of H-pyrrole nitrogens is 1. The zero-order valence-corrected chi connectivity index (χ0v) is 19.7. The highest BCUT2D eigenvalue weighted by Crippen LogP contribution is 2.44. The number of hydrogen-bond acceptors (Lipinski definition) is 4. The molecule has 0 radical (unpaired) electrons. The summed E-state index contributed by atoms with van der Waals surface area (Å²) in [5.41, 5.74) is 3.04. The lowest BCUT2D eigenvalue weighted by Crippen LogP contribution is -2.56. The van der Waals surface area contributed by atoms with Crippen LogP contribution < -0.4 is 5.32 Å². The highest BCUT2D eigenvalue weighted by molar-refractivity contribution is 5.91. The van der Waals surface area contributed by atoms with Crippen LogP contribution in [0.15, 0.2) is 70.7 Å². The Morgan fingerprint density at radius 1 is 1.00 bits per heavy atom. The average molecular weight is 482 g/mol. The van der Waals surface area contributed by atoms with E-state index < -0.39 is 17.6 Å². The molecule has 0 fully saturated rings. The van der Waals surface area contributed by atoms with Gasteiger partial charge in [0.25, 0.3) is 11.4 Å². The van der Waals surface area contributed by atoms with Crippen molar-refractivity contribution in [2.45, 2.75) is 51.9 Å². The fraction of sp³-hybridized carbons (Fsp3) is 0.308. The second kappa shape index (κ2) is 9.48. The summed E-state index contributed by atoms with van der Waals surface area (Å²) in [6, 6.07) is 12.8. The number of carbonyl (C=O) groups is 1. The van der Waals surface area contributed by atoms with Crippen molar-refractivity contribution in [1.29, 1.82) is 0 Å². The summed E-state index contributed by atoms with van der Waals surface area (Å²) in [5, 5.41) is 16.3. The van der Waals surface area contributed by atoms with E-state index in [1.807, 2.05) is 45.0 Å². The van der Waals surface area contributed by atoms with Gasteiger partial charge in [0.1, 0.15) is 0 Å². The van der Waals surface area contributed by atoms with E-state index in [0.29, 0.717) is 12.0 Å². The molecule has 0 spiro atoms. The molecule has 2 N–H and O–H groups in total. The first-order valence-corrected chi connectivity index (χ1v) is 11.2. The van der Waals surface area contributed by atoms with Gasteiger partial charge >= 0.3 is 6.18 Å². The number of aryl methyl sites for hydroxylation is 3.